The van der Waals surface area contributed by atoms with E-state index in [2.05, 4.69) is 0 Å². The van der Waals surface area contributed by atoms with Gasteiger partial charge in [0.15, 0.2) is 0 Å². The van der Waals surface area contributed by atoms with Crippen LogP contribution in [0.25, 0.3) is 0 Å². The van der Waals surface area contributed by atoms with Crippen molar-refractivity contribution in [2.24, 2.45) is 0 Å². The number of aliphatic carboxylic acids is 1. The maximum atomic E-state index is 11.8. The second-order valence-electron chi connectivity index (χ2n) is 4.42. The molecule has 1 N–H and O–H groups in total. The minimum absolute atomic E-state index is 0.0250. The zero-order valence-electron chi connectivity index (χ0n) is 10.2. The van der Waals surface area contributed by atoms with Crippen LogP contribution in [0.3, 0.4) is 0 Å². The first-order chi connectivity index (χ1) is 9.08. The number of β-amino-alcohol motifs (C(OH)–C–C–N with tert-alkyl or cyclic N) is 1. The summed E-state index contributed by atoms with van der Waals surface area (Å²) in [6, 6.07) is 7.93. The number of hydrogen-bond donors (Lipinski definition) is 1. The average Bonchev–Trinajstić information content (AvgIpc) is 2.79. The van der Waals surface area contributed by atoms with E-state index in [1.54, 1.807) is 12.1 Å². The van der Waals surface area contributed by atoms with Gasteiger partial charge in [-0.1, -0.05) is 30.3 Å². The number of hydrogen-bond acceptors (Lipinski definition) is 5. The Balaban J connectivity index is 1.94. The Hall–Kier alpha value is -2.08. The van der Waals surface area contributed by atoms with Crippen molar-refractivity contribution in [1.29, 1.82) is 0 Å². The first-order valence-corrected chi connectivity index (χ1v) is 5.94. The minimum Gasteiger partial charge on any atom is -0.548 e. The first kappa shape index (κ1) is 13.4. The van der Waals surface area contributed by atoms with Crippen LogP contribution in [0.15, 0.2) is 30.3 Å². The Kier molecular flexibility index (Phi) is 4.01. The number of likely N-dealkylation sites (tertiary alicyclic amines) is 1. The van der Waals surface area contributed by atoms with E-state index in [4.69, 9.17) is 4.74 Å². The number of aliphatic hydroxyl groups is 1. The first-order valence-electron chi connectivity index (χ1n) is 5.94. The molecule has 1 aromatic carbocycles. The third kappa shape index (κ3) is 3.23. The SMILES string of the molecule is O=C([O-])C1CC(O)CN1C(=O)OCc1ccccc1. The maximum Gasteiger partial charge on any atom is 0.410 e. The lowest BCUT2D eigenvalue weighted by Gasteiger charge is -2.24. The van der Waals surface area contributed by atoms with Crippen LogP contribution in [-0.2, 0) is 16.1 Å². The molecular weight excluding hydrogens is 250 g/mol. The fraction of sp³-hybridized carbons (Fsp3) is 0.385. The molecule has 6 heteroatoms. The number of carbonyl (C=O) groups is 2. The van der Waals surface area contributed by atoms with Crippen LogP contribution in [0.4, 0.5) is 4.79 Å². The Morgan fingerprint density at radius 2 is 2.05 bits per heavy atom. The molecule has 1 amide bonds. The fourth-order valence-electron chi connectivity index (χ4n) is 2.04. The van der Waals surface area contributed by atoms with Gasteiger partial charge in [0, 0.05) is 6.42 Å². The van der Waals surface area contributed by atoms with Crippen LogP contribution in [0.2, 0.25) is 0 Å². The largest absolute Gasteiger partial charge is 0.548 e. The zero-order chi connectivity index (χ0) is 13.8. The van der Waals surface area contributed by atoms with Gasteiger partial charge in [0.1, 0.15) is 6.61 Å². The zero-order valence-corrected chi connectivity index (χ0v) is 10.2. The molecule has 0 radical (unpaired) electrons. The molecule has 2 unspecified atom stereocenters. The van der Waals surface area contributed by atoms with E-state index in [9.17, 15) is 19.8 Å². The lowest BCUT2D eigenvalue weighted by atomic mass is 10.2. The van der Waals surface area contributed by atoms with E-state index in [0.717, 1.165) is 10.5 Å². The molecule has 19 heavy (non-hydrogen) atoms. The quantitative estimate of drug-likeness (QED) is 0.795. The number of amides is 1. The van der Waals surface area contributed by atoms with Gasteiger partial charge in [-0.2, -0.15) is 0 Å². The number of nitrogens with zero attached hydrogens (tertiary/aromatic N) is 1. The topological polar surface area (TPSA) is 89.9 Å². The predicted octanol–water partition coefficient (Wildman–Crippen LogP) is -0.492. The van der Waals surface area contributed by atoms with Crippen LogP contribution in [-0.4, -0.2) is 40.8 Å². The lowest BCUT2D eigenvalue weighted by molar-refractivity contribution is -0.310. The molecule has 0 bridgehead atoms. The lowest BCUT2D eigenvalue weighted by Crippen LogP contribution is -2.47. The Morgan fingerprint density at radius 1 is 1.37 bits per heavy atom. The van der Waals surface area contributed by atoms with Crippen molar-refractivity contribution in [2.75, 3.05) is 6.54 Å². The number of benzene rings is 1. The van der Waals surface area contributed by atoms with Crippen molar-refractivity contribution in [3.63, 3.8) is 0 Å². The van der Waals surface area contributed by atoms with E-state index >= 15 is 0 Å². The molecular formula is C13H14NO5-. The van der Waals surface area contributed by atoms with Gasteiger partial charge in [-0.05, 0) is 5.56 Å². The van der Waals surface area contributed by atoms with Gasteiger partial charge in [0.2, 0.25) is 0 Å². The third-order valence-electron chi connectivity index (χ3n) is 2.99. The number of carboxylic acids is 1. The molecule has 1 aromatic rings. The van der Waals surface area contributed by atoms with Gasteiger partial charge in [-0.25, -0.2) is 4.79 Å². The highest BCUT2D eigenvalue weighted by Crippen LogP contribution is 2.19. The van der Waals surface area contributed by atoms with Crippen LogP contribution in [0.5, 0.6) is 0 Å². The van der Waals surface area contributed by atoms with Crippen molar-refractivity contribution >= 4 is 12.1 Å². The smallest absolute Gasteiger partial charge is 0.410 e. The normalized spacial score (nSPS) is 22.3. The van der Waals surface area contributed by atoms with E-state index < -0.39 is 24.2 Å². The Labute approximate surface area is 110 Å². The molecule has 0 saturated carbocycles. The number of ether oxygens (including phenoxy) is 1. The maximum absolute atomic E-state index is 11.8. The highest BCUT2D eigenvalue weighted by atomic mass is 16.6. The number of carboxylic acid groups (broad SMARTS) is 1. The minimum atomic E-state index is -1.38. The summed E-state index contributed by atoms with van der Waals surface area (Å²) in [4.78, 5) is 23.6. The monoisotopic (exact) mass is 264 g/mol. The van der Waals surface area contributed by atoms with Crippen LogP contribution < -0.4 is 5.11 Å². The molecule has 2 rings (SSSR count). The van der Waals surface area contributed by atoms with E-state index in [1.807, 2.05) is 18.2 Å². The Morgan fingerprint density at radius 3 is 2.68 bits per heavy atom. The second-order valence-corrected chi connectivity index (χ2v) is 4.42. The molecule has 0 aliphatic carbocycles. The van der Waals surface area contributed by atoms with Gasteiger partial charge >= 0.3 is 6.09 Å². The molecule has 0 spiro atoms. The summed E-state index contributed by atoms with van der Waals surface area (Å²) in [7, 11) is 0. The summed E-state index contributed by atoms with van der Waals surface area (Å²) in [5, 5.41) is 20.3. The van der Waals surface area contributed by atoms with E-state index in [1.165, 1.54) is 0 Å². The Bertz CT molecular complexity index is 461. The highest BCUT2D eigenvalue weighted by molar-refractivity contribution is 5.79. The highest BCUT2D eigenvalue weighted by Gasteiger charge is 2.36. The molecule has 1 saturated heterocycles. The molecule has 1 aliphatic rings. The number of aliphatic hydroxyl groups excluding tert-OH is 1. The van der Waals surface area contributed by atoms with Crippen molar-refractivity contribution in [1.82, 2.24) is 4.90 Å². The summed E-state index contributed by atoms with van der Waals surface area (Å²) in [5.74, 6) is -1.38. The molecule has 1 fully saturated rings. The van der Waals surface area contributed by atoms with Gasteiger partial charge in [0.05, 0.1) is 24.7 Å². The summed E-state index contributed by atoms with van der Waals surface area (Å²) in [6.45, 7) is 0.0122. The standard InChI is InChI=1S/C13H15NO5/c15-10-6-11(12(16)17)14(7-10)13(18)19-8-9-4-2-1-3-5-9/h1-5,10-11,15H,6-8H2,(H,16,17)/p-1. The van der Waals surface area contributed by atoms with Gasteiger partial charge in [0.25, 0.3) is 0 Å². The summed E-state index contributed by atoms with van der Waals surface area (Å²) in [5.41, 5.74) is 0.806. The molecule has 1 heterocycles. The predicted molar refractivity (Wildman–Crippen MR) is 62.8 cm³/mol. The average molecular weight is 264 g/mol. The van der Waals surface area contributed by atoms with Crippen molar-refractivity contribution in [2.45, 2.75) is 25.2 Å². The molecule has 1 aliphatic heterocycles. The van der Waals surface area contributed by atoms with Gasteiger partial charge in [-0.3, -0.25) is 4.90 Å². The molecule has 102 valence electrons. The molecule has 2 atom stereocenters. The van der Waals surface area contributed by atoms with E-state index in [-0.39, 0.29) is 19.6 Å². The number of rotatable bonds is 3. The van der Waals surface area contributed by atoms with E-state index in [0.29, 0.717) is 0 Å². The van der Waals surface area contributed by atoms with Gasteiger partial charge in [-0.15, -0.1) is 0 Å². The van der Waals surface area contributed by atoms with Gasteiger partial charge < -0.3 is 19.7 Å². The summed E-state index contributed by atoms with van der Waals surface area (Å²) >= 11 is 0. The second kappa shape index (κ2) is 5.71. The third-order valence-corrected chi connectivity index (χ3v) is 2.99. The van der Waals surface area contributed by atoms with Crippen LogP contribution in [0.1, 0.15) is 12.0 Å². The molecule has 6 nitrogen and oxygen atoms in total. The van der Waals surface area contributed by atoms with Crippen molar-refractivity contribution in [3.05, 3.63) is 35.9 Å². The molecule has 0 aromatic heterocycles. The summed E-state index contributed by atoms with van der Waals surface area (Å²) in [6.07, 6.45) is -1.63. The number of carbonyl (C=O) groups excluding carboxylic acids is 2. The van der Waals surface area contributed by atoms with Crippen molar-refractivity contribution < 1.29 is 24.5 Å². The van der Waals surface area contributed by atoms with Crippen LogP contribution >= 0.6 is 0 Å². The summed E-state index contributed by atoms with van der Waals surface area (Å²) < 4.78 is 5.03. The fourth-order valence-corrected chi connectivity index (χ4v) is 2.04. The van der Waals surface area contributed by atoms with Crippen molar-refractivity contribution in [3.8, 4) is 0 Å². The van der Waals surface area contributed by atoms with Crippen LogP contribution in [0, 0.1) is 0 Å².